The Labute approximate surface area is 164 Å². The molecule has 0 aliphatic heterocycles. The fraction of sp³-hybridized carbons (Fsp3) is 0.350. The molecule has 9 heteroatoms. The molecule has 3 aromatic rings. The summed E-state index contributed by atoms with van der Waals surface area (Å²) in [5, 5.41) is 10.5. The van der Waals surface area contributed by atoms with Crippen LogP contribution in [-0.4, -0.2) is 34.2 Å². The lowest BCUT2D eigenvalue weighted by Crippen LogP contribution is -2.19. The van der Waals surface area contributed by atoms with Crippen LogP contribution in [0.15, 0.2) is 42.5 Å². The lowest BCUT2D eigenvalue weighted by Gasteiger charge is -2.14. The number of benzene rings is 2. The van der Waals surface area contributed by atoms with E-state index in [0.29, 0.717) is 22.3 Å². The average molecular weight is 412 g/mol. The number of rotatable bonds is 7. The maximum absolute atomic E-state index is 13.8. The average Bonchev–Trinajstić information content (AvgIpc) is 3.09. The number of nitrogens with zero attached hydrogens (tertiary/aromatic N) is 1. The summed E-state index contributed by atoms with van der Waals surface area (Å²) in [6.07, 6.45) is -7.00. The molecule has 0 aliphatic carbocycles. The molecule has 1 heterocycles. The van der Waals surface area contributed by atoms with Crippen molar-refractivity contribution in [2.75, 3.05) is 6.61 Å². The van der Waals surface area contributed by atoms with Gasteiger partial charge in [0.25, 0.3) is 0 Å². The number of ether oxygens (including phenoxy) is 2. The van der Waals surface area contributed by atoms with E-state index in [4.69, 9.17) is 4.74 Å². The molecule has 2 unspecified atom stereocenters. The Balaban J connectivity index is 1.74. The number of H-pyrrole nitrogens is 1. The van der Waals surface area contributed by atoms with Crippen LogP contribution in [0.1, 0.15) is 31.3 Å². The number of halogens is 4. The van der Waals surface area contributed by atoms with E-state index in [0.717, 1.165) is 0 Å². The molecular weight excluding hydrogens is 392 g/mol. The first kappa shape index (κ1) is 20.9. The summed E-state index contributed by atoms with van der Waals surface area (Å²) in [7, 11) is 0. The summed E-state index contributed by atoms with van der Waals surface area (Å²) in [5.41, 5.74) is 1.53. The fourth-order valence-corrected chi connectivity index (χ4v) is 2.55. The molecule has 0 saturated heterocycles. The van der Waals surface area contributed by atoms with Gasteiger partial charge in [-0.3, -0.25) is 0 Å². The van der Waals surface area contributed by atoms with Gasteiger partial charge in [-0.25, -0.2) is 9.37 Å². The van der Waals surface area contributed by atoms with Crippen LogP contribution in [0.3, 0.4) is 0 Å². The molecule has 0 bridgehead atoms. The van der Waals surface area contributed by atoms with Crippen LogP contribution >= 0.6 is 0 Å². The number of fused-ring (bicyclic) bond motifs is 1. The van der Waals surface area contributed by atoms with Gasteiger partial charge in [0.2, 0.25) is 6.36 Å². The zero-order chi connectivity index (χ0) is 21.2. The van der Waals surface area contributed by atoms with E-state index in [1.807, 2.05) is 0 Å². The second-order valence-corrected chi connectivity index (χ2v) is 6.89. The number of hydrogen-bond acceptors (Lipinski definition) is 4. The van der Waals surface area contributed by atoms with Gasteiger partial charge in [0.05, 0.1) is 11.0 Å². The number of aliphatic hydroxyl groups excluding tert-OH is 1. The molecule has 2 N–H and O–H groups in total. The van der Waals surface area contributed by atoms with Gasteiger partial charge in [0, 0.05) is 12.0 Å². The lowest BCUT2D eigenvalue weighted by atomic mass is 10.1. The number of imidazole rings is 1. The second-order valence-electron chi connectivity index (χ2n) is 6.89. The van der Waals surface area contributed by atoms with Crippen LogP contribution in [0.2, 0.25) is 0 Å². The summed E-state index contributed by atoms with van der Waals surface area (Å²) < 4.78 is 60.2. The molecule has 156 valence electrons. The molecule has 2 atom stereocenters. The molecule has 2 aromatic carbocycles. The summed E-state index contributed by atoms with van der Waals surface area (Å²) >= 11 is 0. The van der Waals surface area contributed by atoms with Gasteiger partial charge < -0.3 is 19.6 Å². The summed E-state index contributed by atoms with van der Waals surface area (Å²) in [5.74, 6) is 0.305. The maximum atomic E-state index is 13.8. The van der Waals surface area contributed by atoms with Crippen LogP contribution in [0.25, 0.3) is 11.0 Å². The highest BCUT2D eigenvalue weighted by Gasteiger charge is 2.28. The molecule has 1 aromatic heterocycles. The third kappa shape index (κ3) is 5.38. The molecule has 0 spiro atoms. The predicted octanol–water partition coefficient (Wildman–Crippen LogP) is 4.92. The van der Waals surface area contributed by atoms with Crippen LogP contribution < -0.4 is 9.47 Å². The zero-order valence-electron chi connectivity index (χ0n) is 15.7. The number of nitrogens with one attached hydrogen (secondary N) is 1. The first-order chi connectivity index (χ1) is 13.6. The van der Waals surface area contributed by atoms with Gasteiger partial charge in [-0.1, -0.05) is 26.0 Å². The molecule has 29 heavy (non-hydrogen) atoms. The highest BCUT2D eigenvalue weighted by atomic mass is 19.4. The predicted molar refractivity (Wildman–Crippen MR) is 98.5 cm³/mol. The van der Waals surface area contributed by atoms with Crippen molar-refractivity contribution in [3.05, 3.63) is 53.9 Å². The van der Waals surface area contributed by atoms with Crippen LogP contribution in [0, 0.1) is 5.92 Å². The fourth-order valence-electron chi connectivity index (χ4n) is 2.55. The van der Waals surface area contributed by atoms with E-state index in [1.165, 1.54) is 24.3 Å². The van der Waals surface area contributed by atoms with Crippen molar-refractivity contribution in [3.8, 4) is 11.5 Å². The monoisotopic (exact) mass is 412 g/mol. The Morgan fingerprint density at radius 3 is 2.34 bits per heavy atom. The van der Waals surface area contributed by atoms with Gasteiger partial charge in [-0.15, -0.1) is 0 Å². The lowest BCUT2D eigenvalue weighted by molar-refractivity contribution is -0.153. The van der Waals surface area contributed by atoms with Gasteiger partial charge in [0.15, 0.2) is 6.61 Å². The summed E-state index contributed by atoms with van der Waals surface area (Å²) in [6, 6.07) is 10.4. The van der Waals surface area contributed by atoms with Gasteiger partial charge >= 0.3 is 6.18 Å². The first-order valence-corrected chi connectivity index (χ1v) is 8.90. The molecule has 3 rings (SSSR count). The van der Waals surface area contributed by atoms with Gasteiger partial charge in [-0.05, 0) is 29.8 Å². The number of aromatic amines is 1. The molecule has 0 fully saturated rings. The summed E-state index contributed by atoms with van der Waals surface area (Å²) in [4.78, 5) is 7.25. The van der Waals surface area contributed by atoms with E-state index in [-0.39, 0.29) is 17.5 Å². The Bertz CT molecular complexity index is 955. The van der Waals surface area contributed by atoms with Crippen molar-refractivity contribution in [3.63, 3.8) is 0 Å². The first-order valence-electron chi connectivity index (χ1n) is 8.90. The van der Waals surface area contributed by atoms with E-state index in [9.17, 15) is 22.7 Å². The minimum absolute atomic E-state index is 0.0376. The molecule has 0 amide bonds. The highest BCUT2D eigenvalue weighted by molar-refractivity contribution is 5.77. The molecular formula is C20H20F4N2O3. The number of alkyl halides is 4. The molecule has 0 saturated carbocycles. The van der Waals surface area contributed by atoms with Crippen molar-refractivity contribution >= 4 is 11.0 Å². The zero-order valence-corrected chi connectivity index (χ0v) is 15.7. The van der Waals surface area contributed by atoms with E-state index in [1.54, 1.807) is 32.0 Å². The largest absolute Gasteiger partial charge is 0.484 e. The molecule has 0 aliphatic rings. The van der Waals surface area contributed by atoms with Crippen LogP contribution in [-0.2, 0) is 0 Å². The smallest absolute Gasteiger partial charge is 0.422 e. The molecule has 5 nitrogen and oxygen atoms in total. The van der Waals surface area contributed by atoms with Crippen LogP contribution in [0.5, 0.6) is 11.5 Å². The van der Waals surface area contributed by atoms with E-state index in [2.05, 4.69) is 14.7 Å². The van der Waals surface area contributed by atoms with Crippen molar-refractivity contribution in [2.45, 2.75) is 32.5 Å². The SMILES string of the molecule is CC(C)C(F)Oc1ccc2nc(C(O)c3ccc(OCC(F)(F)F)cc3)[nH]c2c1. The Morgan fingerprint density at radius 2 is 1.72 bits per heavy atom. The number of hydrogen-bond donors (Lipinski definition) is 2. The van der Waals surface area contributed by atoms with Gasteiger partial charge in [0.1, 0.15) is 23.4 Å². The quantitative estimate of drug-likeness (QED) is 0.541. The normalized spacial score (nSPS) is 14.2. The van der Waals surface area contributed by atoms with E-state index >= 15 is 0 Å². The second kappa shape index (κ2) is 8.28. The highest BCUT2D eigenvalue weighted by Crippen LogP contribution is 2.27. The number of aromatic nitrogens is 2. The number of aliphatic hydroxyl groups is 1. The Hall–Kier alpha value is -2.81. The minimum atomic E-state index is -4.42. The van der Waals surface area contributed by atoms with Crippen molar-refractivity contribution < 1.29 is 32.1 Å². The van der Waals surface area contributed by atoms with Crippen molar-refractivity contribution in [1.82, 2.24) is 9.97 Å². The third-order valence-electron chi connectivity index (χ3n) is 4.10. The van der Waals surface area contributed by atoms with Crippen molar-refractivity contribution in [2.24, 2.45) is 5.92 Å². The maximum Gasteiger partial charge on any atom is 0.422 e. The minimum Gasteiger partial charge on any atom is -0.484 e. The third-order valence-corrected chi connectivity index (χ3v) is 4.10. The van der Waals surface area contributed by atoms with Gasteiger partial charge in [-0.2, -0.15) is 13.2 Å². The summed E-state index contributed by atoms with van der Waals surface area (Å²) in [6.45, 7) is 2.01. The Morgan fingerprint density at radius 1 is 1.07 bits per heavy atom. The standard InChI is InChI=1S/C20H20F4N2O3/c1-11(2)18(21)29-14-7-8-15-16(9-14)26-19(25-15)17(27)12-3-5-13(6-4-12)28-10-20(22,23)24/h3-9,11,17-18,27H,10H2,1-2H3,(H,25,26). The van der Waals surface area contributed by atoms with Crippen LogP contribution in [0.4, 0.5) is 17.6 Å². The van der Waals surface area contributed by atoms with Crippen molar-refractivity contribution in [1.29, 1.82) is 0 Å². The Kier molecular flexibility index (Phi) is 5.97. The van der Waals surface area contributed by atoms with E-state index < -0.39 is 25.2 Å². The molecule has 0 radical (unpaired) electrons. The topological polar surface area (TPSA) is 67.4 Å².